The SMILES string of the molecule is CC1=CC(=O)CC(C)(C)C1.N.N.O=C(O)c1ccc(C(=O)O)cc1. The fraction of sp³-hybridized carbons (Fsp3) is 0.353. The molecule has 0 amide bonds. The van der Waals surface area contributed by atoms with Gasteiger partial charge < -0.3 is 22.5 Å². The molecule has 1 aliphatic carbocycles. The molecule has 0 radical (unpaired) electrons. The molecule has 1 aromatic rings. The van der Waals surface area contributed by atoms with Gasteiger partial charge in [0.05, 0.1) is 11.1 Å². The first-order chi connectivity index (χ1) is 10.1. The summed E-state index contributed by atoms with van der Waals surface area (Å²) in [7, 11) is 0. The van der Waals surface area contributed by atoms with Crippen molar-refractivity contribution >= 4 is 17.7 Å². The summed E-state index contributed by atoms with van der Waals surface area (Å²) in [4.78, 5) is 31.7. The first-order valence-electron chi connectivity index (χ1n) is 6.87. The predicted octanol–water partition coefficient (Wildman–Crippen LogP) is 3.73. The van der Waals surface area contributed by atoms with Gasteiger partial charge in [-0.25, -0.2) is 9.59 Å². The summed E-state index contributed by atoms with van der Waals surface area (Å²) in [5.41, 5.74) is 1.59. The van der Waals surface area contributed by atoms with E-state index < -0.39 is 11.9 Å². The lowest BCUT2D eigenvalue weighted by atomic mass is 9.77. The van der Waals surface area contributed by atoms with E-state index >= 15 is 0 Å². The maximum Gasteiger partial charge on any atom is 0.335 e. The molecule has 0 aromatic heterocycles. The average Bonchev–Trinajstić information content (AvgIpc) is 2.36. The lowest BCUT2D eigenvalue weighted by Crippen LogP contribution is -2.20. The van der Waals surface area contributed by atoms with Crippen LogP contribution in [0.4, 0.5) is 0 Å². The Balaban J connectivity index is 0. The van der Waals surface area contributed by atoms with E-state index in [-0.39, 0.29) is 34.6 Å². The zero-order chi connectivity index (χ0) is 16.9. The standard InChI is InChI=1S/C9H14O.C8H6O4.2H3N/c1-7-4-8(10)6-9(2,3)5-7;9-7(10)5-1-2-6(4-3-5)8(11)12;;/h4H,5-6H2,1-3H3;1-4H,(H,9,10)(H,11,12);2*1H3. The van der Waals surface area contributed by atoms with Crippen LogP contribution in [0.3, 0.4) is 0 Å². The second-order valence-corrected chi connectivity index (χ2v) is 6.16. The van der Waals surface area contributed by atoms with Crippen LogP contribution in [0, 0.1) is 5.41 Å². The highest BCUT2D eigenvalue weighted by molar-refractivity contribution is 5.92. The third-order valence-corrected chi connectivity index (χ3v) is 3.20. The van der Waals surface area contributed by atoms with Crippen molar-refractivity contribution in [3.05, 3.63) is 47.0 Å². The highest BCUT2D eigenvalue weighted by atomic mass is 16.4. The molecule has 2 rings (SSSR count). The molecule has 1 aliphatic rings. The molecule has 0 aliphatic heterocycles. The fourth-order valence-electron chi connectivity index (χ4n) is 2.42. The second kappa shape index (κ2) is 9.59. The zero-order valence-corrected chi connectivity index (χ0v) is 14.3. The number of benzene rings is 1. The number of carbonyl (C=O) groups is 3. The van der Waals surface area contributed by atoms with E-state index in [0.29, 0.717) is 6.42 Å². The van der Waals surface area contributed by atoms with Crippen LogP contribution < -0.4 is 12.3 Å². The number of allylic oxidation sites excluding steroid dienone is 2. The molecule has 8 N–H and O–H groups in total. The van der Waals surface area contributed by atoms with Crippen LogP contribution in [0.2, 0.25) is 0 Å². The van der Waals surface area contributed by atoms with Gasteiger partial charge in [-0.05, 0) is 49.1 Å². The van der Waals surface area contributed by atoms with Gasteiger partial charge in [-0.2, -0.15) is 0 Å². The van der Waals surface area contributed by atoms with Gasteiger partial charge in [0, 0.05) is 6.42 Å². The normalized spacial score (nSPS) is 14.8. The number of hydrogen-bond donors (Lipinski definition) is 4. The third kappa shape index (κ3) is 7.66. The number of ketones is 1. The lowest BCUT2D eigenvalue weighted by molar-refractivity contribution is -0.117. The topological polar surface area (TPSA) is 162 Å². The fourth-order valence-corrected chi connectivity index (χ4v) is 2.42. The van der Waals surface area contributed by atoms with Crippen molar-refractivity contribution in [2.45, 2.75) is 33.6 Å². The quantitative estimate of drug-likeness (QED) is 0.638. The van der Waals surface area contributed by atoms with Gasteiger partial charge >= 0.3 is 11.9 Å². The molecule has 0 heterocycles. The molecule has 7 heteroatoms. The Morgan fingerprint density at radius 2 is 1.29 bits per heavy atom. The van der Waals surface area contributed by atoms with Gasteiger partial charge in [-0.3, -0.25) is 4.79 Å². The zero-order valence-electron chi connectivity index (χ0n) is 14.3. The lowest BCUT2D eigenvalue weighted by Gasteiger charge is -2.27. The van der Waals surface area contributed by atoms with Gasteiger partial charge in [-0.1, -0.05) is 19.4 Å². The van der Waals surface area contributed by atoms with Crippen molar-refractivity contribution in [1.29, 1.82) is 0 Å². The van der Waals surface area contributed by atoms with Crippen LogP contribution in [0.25, 0.3) is 0 Å². The summed E-state index contributed by atoms with van der Waals surface area (Å²) in [5, 5.41) is 16.9. The van der Waals surface area contributed by atoms with Crippen molar-refractivity contribution in [2.75, 3.05) is 0 Å². The molecule has 0 saturated heterocycles. The molecule has 0 fully saturated rings. The first-order valence-corrected chi connectivity index (χ1v) is 6.87. The third-order valence-electron chi connectivity index (χ3n) is 3.20. The van der Waals surface area contributed by atoms with Gasteiger partial charge in [0.25, 0.3) is 0 Å². The maximum absolute atomic E-state index is 11.0. The van der Waals surface area contributed by atoms with E-state index in [1.54, 1.807) is 6.08 Å². The maximum atomic E-state index is 11.0. The van der Waals surface area contributed by atoms with Crippen LogP contribution in [0.15, 0.2) is 35.9 Å². The Morgan fingerprint density at radius 1 is 0.917 bits per heavy atom. The van der Waals surface area contributed by atoms with Crippen molar-refractivity contribution in [2.24, 2.45) is 5.41 Å². The number of aromatic carboxylic acids is 2. The summed E-state index contributed by atoms with van der Waals surface area (Å²) in [5.74, 6) is -1.84. The van der Waals surface area contributed by atoms with Gasteiger partial charge in [0.1, 0.15) is 0 Å². The van der Waals surface area contributed by atoms with Crippen LogP contribution in [-0.4, -0.2) is 27.9 Å². The Labute approximate surface area is 141 Å². The number of rotatable bonds is 2. The summed E-state index contributed by atoms with van der Waals surface area (Å²) in [6.45, 7) is 6.31. The molecular weight excluding hydrogens is 312 g/mol. The Morgan fingerprint density at radius 3 is 1.54 bits per heavy atom. The predicted molar refractivity (Wildman–Crippen MR) is 92.2 cm³/mol. The molecule has 0 saturated carbocycles. The summed E-state index contributed by atoms with van der Waals surface area (Å²) in [6, 6.07) is 5.02. The van der Waals surface area contributed by atoms with Crippen LogP contribution in [-0.2, 0) is 4.79 Å². The van der Waals surface area contributed by atoms with Crippen molar-refractivity contribution < 1.29 is 24.6 Å². The molecule has 134 valence electrons. The molecule has 24 heavy (non-hydrogen) atoms. The minimum Gasteiger partial charge on any atom is -0.478 e. The molecule has 0 atom stereocenters. The summed E-state index contributed by atoms with van der Waals surface area (Å²) in [6.07, 6.45) is 3.55. The van der Waals surface area contributed by atoms with E-state index in [0.717, 1.165) is 6.42 Å². The molecule has 0 bridgehead atoms. The van der Waals surface area contributed by atoms with E-state index in [1.807, 2.05) is 6.92 Å². The van der Waals surface area contributed by atoms with Crippen LogP contribution in [0.1, 0.15) is 54.3 Å². The van der Waals surface area contributed by atoms with E-state index in [9.17, 15) is 14.4 Å². The van der Waals surface area contributed by atoms with E-state index in [2.05, 4.69) is 13.8 Å². The van der Waals surface area contributed by atoms with Gasteiger partial charge in [0.15, 0.2) is 5.78 Å². The molecule has 1 aromatic carbocycles. The highest BCUT2D eigenvalue weighted by Gasteiger charge is 2.25. The number of carboxylic acid groups (broad SMARTS) is 2. The number of carboxylic acids is 2. The summed E-state index contributed by atoms with van der Waals surface area (Å²) < 4.78 is 0. The van der Waals surface area contributed by atoms with Crippen molar-refractivity contribution in [3.8, 4) is 0 Å². The number of hydrogen-bond acceptors (Lipinski definition) is 5. The van der Waals surface area contributed by atoms with Gasteiger partial charge in [0.2, 0.25) is 0 Å². The highest BCUT2D eigenvalue weighted by Crippen LogP contribution is 2.32. The Hall–Kier alpha value is -2.51. The molecule has 0 spiro atoms. The minimum absolute atomic E-state index is 0. The van der Waals surface area contributed by atoms with Crippen LogP contribution >= 0.6 is 0 Å². The first kappa shape index (κ1) is 23.8. The van der Waals surface area contributed by atoms with Crippen molar-refractivity contribution in [3.63, 3.8) is 0 Å². The Bertz CT molecular complexity index is 585. The average molecular weight is 338 g/mol. The summed E-state index contributed by atoms with van der Waals surface area (Å²) >= 11 is 0. The number of carbonyl (C=O) groups excluding carboxylic acids is 1. The molecule has 0 unspecified atom stereocenters. The van der Waals surface area contributed by atoms with E-state index in [4.69, 9.17) is 10.2 Å². The second-order valence-electron chi connectivity index (χ2n) is 6.16. The van der Waals surface area contributed by atoms with Crippen LogP contribution in [0.5, 0.6) is 0 Å². The Kier molecular flexibility index (Phi) is 9.49. The smallest absolute Gasteiger partial charge is 0.335 e. The molecule has 7 nitrogen and oxygen atoms in total. The largest absolute Gasteiger partial charge is 0.478 e. The van der Waals surface area contributed by atoms with Crippen molar-refractivity contribution in [1.82, 2.24) is 12.3 Å². The monoisotopic (exact) mass is 338 g/mol. The minimum atomic E-state index is -1.06. The van der Waals surface area contributed by atoms with Gasteiger partial charge in [-0.15, -0.1) is 0 Å². The molecular formula is C17H26N2O5. The van der Waals surface area contributed by atoms with E-state index in [1.165, 1.54) is 29.8 Å².